The summed E-state index contributed by atoms with van der Waals surface area (Å²) >= 11 is 0. The number of methoxy groups -OCH3 is 1. The first-order valence-electron chi connectivity index (χ1n) is 7.22. The van der Waals surface area contributed by atoms with E-state index in [-0.39, 0.29) is 11.4 Å². The lowest BCUT2D eigenvalue weighted by Gasteiger charge is -2.35. The number of aromatic amines is 1. The Kier molecular flexibility index (Phi) is 3.15. The summed E-state index contributed by atoms with van der Waals surface area (Å²) in [6.45, 7) is 6.22. The third kappa shape index (κ3) is 1.99. The van der Waals surface area contributed by atoms with E-state index in [1.54, 1.807) is 13.2 Å². The Morgan fingerprint density at radius 2 is 2.10 bits per heavy atom. The lowest BCUT2D eigenvalue weighted by molar-refractivity contribution is 0.414. The van der Waals surface area contributed by atoms with Crippen LogP contribution in [0.25, 0.3) is 11.3 Å². The van der Waals surface area contributed by atoms with Crippen molar-refractivity contribution in [3.63, 3.8) is 0 Å². The number of nitrogens with zero attached hydrogens (tertiary/aromatic N) is 1. The number of aryl methyl sites for hydroxylation is 1. The molecule has 0 bridgehead atoms. The number of anilines is 1. The van der Waals surface area contributed by atoms with Crippen LogP contribution in [0.5, 0.6) is 5.75 Å². The van der Waals surface area contributed by atoms with Crippen molar-refractivity contribution < 1.29 is 9.13 Å². The zero-order chi connectivity index (χ0) is 15.2. The van der Waals surface area contributed by atoms with E-state index in [2.05, 4.69) is 22.4 Å². The Morgan fingerprint density at radius 1 is 1.33 bits per heavy atom. The highest BCUT2D eigenvalue weighted by Gasteiger charge is 2.37. The zero-order valence-electron chi connectivity index (χ0n) is 12.8. The molecule has 0 amide bonds. The van der Waals surface area contributed by atoms with E-state index < -0.39 is 0 Å². The third-order valence-electron chi connectivity index (χ3n) is 3.98. The lowest BCUT2D eigenvalue weighted by atomic mass is 9.84. The molecule has 112 valence electrons. The van der Waals surface area contributed by atoms with Gasteiger partial charge < -0.3 is 10.1 Å². The number of H-pyrrole nitrogens is 1. The van der Waals surface area contributed by atoms with E-state index >= 15 is 0 Å². The molecule has 2 N–H and O–H groups in total. The largest absolute Gasteiger partial charge is 0.496 e. The van der Waals surface area contributed by atoms with Gasteiger partial charge in [0, 0.05) is 11.3 Å². The van der Waals surface area contributed by atoms with E-state index in [1.165, 1.54) is 6.07 Å². The summed E-state index contributed by atoms with van der Waals surface area (Å²) in [6, 6.07) is 3.07. The number of nitrogens with one attached hydrogen (secondary N) is 2. The molecule has 21 heavy (non-hydrogen) atoms. The van der Waals surface area contributed by atoms with Crippen LogP contribution in [0.3, 0.4) is 0 Å². The molecule has 0 saturated heterocycles. The van der Waals surface area contributed by atoms with Crippen LogP contribution in [0.4, 0.5) is 10.1 Å². The Balaban J connectivity index is 2.31. The molecule has 0 unspecified atom stereocenters. The fourth-order valence-corrected chi connectivity index (χ4v) is 3.12. The standard InChI is InChI=1S/C16H20FN3O/c1-5-6-10-13-15(20-19-10)12-11(21-4)8-7-9(17)14(12)18-16(13,2)3/h7-8,18H,5-6H2,1-4H3,(H,19,20). The Morgan fingerprint density at radius 3 is 2.76 bits per heavy atom. The molecule has 4 nitrogen and oxygen atoms in total. The SMILES string of the molecule is CCCc1[nH]nc2c1C(C)(C)Nc1c(F)ccc(OC)c1-2. The smallest absolute Gasteiger partial charge is 0.147 e. The molecule has 0 saturated carbocycles. The van der Waals surface area contributed by atoms with Crippen molar-refractivity contribution in [2.45, 2.75) is 39.2 Å². The molecule has 0 spiro atoms. The Labute approximate surface area is 123 Å². The van der Waals surface area contributed by atoms with Gasteiger partial charge in [0.05, 0.1) is 23.9 Å². The molecule has 1 aliphatic rings. The minimum Gasteiger partial charge on any atom is -0.496 e. The molecule has 0 aliphatic carbocycles. The van der Waals surface area contributed by atoms with E-state index in [0.717, 1.165) is 29.8 Å². The maximum Gasteiger partial charge on any atom is 0.147 e. The molecular formula is C16H20FN3O. The molecule has 1 aliphatic heterocycles. The summed E-state index contributed by atoms with van der Waals surface area (Å²) < 4.78 is 19.6. The van der Waals surface area contributed by atoms with Crippen LogP contribution in [0.15, 0.2) is 12.1 Å². The van der Waals surface area contributed by atoms with E-state index in [9.17, 15) is 4.39 Å². The van der Waals surface area contributed by atoms with Crippen molar-refractivity contribution in [3.8, 4) is 17.0 Å². The summed E-state index contributed by atoms with van der Waals surface area (Å²) in [4.78, 5) is 0. The molecule has 2 heterocycles. The number of benzene rings is 1. The Hall–Kier alpha value is -2.04. The van der Waals surface area contributed by atoms with Gasteiger partial charge in [-0.25, -0.2) is 4.39 Å². The van der Waals surface area contributed by atoms with Crippen molar-refractivity contribution >= 4 is 5.69 Å². The van der Waals surface area contributed by atoms with Gasteiger partial charge in [0.1, 0.15) is 17.3 Å². The number of hydrogen-bond acceptors (Lipinski definition) is 3. The van der Waals surface area contributed by atoms with Crippen LogP contribution < -0.4 is 10.1 Å². The van der Waals surface area contributed by atoms with Crippen LogP contribution in [0, 0.1) is 5.82 Å². The van der Waals surface area contributed by atoms with Crippen molar-refractivity contribution in [2.75, 3.05) is 12.4 Å². The highest BCUT2D eigenvalue weighted by molar-refractivity contribution is 5.87. The quantitative estimate of drug-likeness (QED) is 0.902. The van der Waals surface area contributed by atoms with Crippen LogP contribution >= 0.6 is 0 Å². The van der Waals surface area contributed by atoms with Crippen LogP contribution in [-0.2, 0) is 12.0 Å². The fraction of sp³-hybridized carbons (Fsp3) is 0.438. The highest BCUT2D eigenvalue weighted by Crippen LogP contribution is 2.48. The van der Waals surface area contributed by atoms with Crippen molar-refractivity contribution in [1.82, 2.24) is 10.2 Å². The maximum absolute atomic E-state index is 14.2. The van der Waals surface area contributed by atoms with E-state index in [0.29, 0.717) is 17.0 Å². The lowest BCUT2D eigenvalue weighted by Crippen LogP contribution is -2.33. The number of fused-ring (bicyclic) bond motifs is 3. The molecule has 1 aromatic carbocycles. The minimum atomic E-state index is -0.382. The van der Waals surface area contributed by atoms with Gasteiger partial charge in [0.25, 0.3) is 0 Å². The molecule has 2 aromatic rings. The summed E-state index contributed by atoms with van der Waals surface area (Å²) in [5.74, 6) is 0.342. The second kappa shape index (κ2) is 4.76. The minimum absolute atomic E-state index is 0.287. The summed E-state index contributed by atoms with van der Waals surface area (Å²) in [5.41, 5.74) is 3.76. The molecule has 0 radical (unpaired) electrons. The average Bonchev–Trinajstić information content (AvgIpc) is 2.85. The highest BCUT2D eigenvalue weighted by atomic mass is 19.1. The summed E-state index contributed by atoms with van der Waals surface area (Å²) in [6.07, 6.45) is 1.94. The van der Waals surface area contributed by atoms with Gasteiger partial charge in [-0.15, -0.1) is 0 Å². The Bertz CT molecular complexity index is 691. The monoisotopic (exact) mass is 289 g/mol. The third-order valence-corrected chi connectivity index (χ3v) is 3.98. The van der Waals surface area contributed by atoms with Crippen LogP contribution in [0.2, 0.25) is 0 Å². The van der Waals surface area contributed by atoms with Crippen LogP contribution in [-0.4, -0.2) is 17.3 Å². The first-order valence-corrected chi connectivity index (χ1v) is 7.22. The first-order chi connectivity index (χ1) is 9.99. The number of aromatic nitrogens is 2. The molecule has 1 aromatic heterocycles. The molecule has 3 rings (SSSR count). The molecule has 5 heteroatoms. The number of ether oxygens (including phenoxy) is 1. The number of halogens is 1. The van der Waals surface area contributed by atoms with Gasteiger partial charge in [-0.05, 0) is 32.4 Å². The molecular weight excluding hydrogens is 269 g/mol. The van der Waals surface area contributed by atoms with Crippen molar-refractivity contribution in [1.29, 1.82) is 0 Å². The predicted molar refractivity (Wildman–Crippen MR) is 81.2 cm³/mol. The van der Waals surface area contributed by atoms with Gasteiger partial charge >= 0.3 is 0 Å². The van der Waals surface area contributed by atoms with Gasteiger partial charge in [-0.2, -0.15) is 5.10 Å². The van der Waals surface area contributed by atoms with Crippen molar-refractivity contribution in [2.24, 2.45) is 0 Å². The number of hydrogen-bond donors (Lipinski definition) is 2. The summed E-state index contributed by atoms with van der Waals surface area (Å²) in [5, 5.41) is 10.9. The van der Waals surface area contributed by atoms with Gasteiger partial charge in [0.15, 0.2) is 0 Å². The molecule has 0 atom stereocenters. The predicted octanol–water partition coefficient (Wildman–Crippen LogP) is 3.84. The normalized spacial score (nSPS) is 15.1. The zero-order valence-corrected chi connectivity index (χ0v) is 12.8. The second-order valence-electron chi connectivity index (χ2n) is 5.93. The van der Waals surface area contributed by atoms with Gasteiger partial charge in [-0.3, -0.25) is 5.10 Å². The topological polar surface area (TPSA) is 49.9 Å². The fourth-order valence-electron chi connectivity index (χ4n) is 3.12. The van der Waals surface area contributed by atoms with E-state index in [1.807, 2.05) is 13.8 Å². The summed E-state index contributed by atoms with van der Waals surface area (Å²) in [7, 11) is 1.59. The average molecular weight is 289 g/mol. The maximum atomic E-state index is 14.2. The number of rotatable bonds is 3. The first kappa shape index (κ1) is 13.9. The van der Waals surface area contributed by atoms with Crippen LogP contribution in [0.1, 0.15) is 38.4 Å². The van der Waals surface area contributed by atoms with Gasteiger partial charge in [-0.1, -0.05) is 13.3 Å². The second-order valence-corrected chi connectivity index (χ2v) is 5.93. The molecule has 0 fully saturated rings. The van der Waals surface area contributed by atoms with E-state index in [4.69, 9.17) is 4.74 Å². The van der Waals surface area contributed by atoms with Gasteiger partial charge in [0.2, 0.25) is 0 Å². The van der Waals surface area contributed by atoms with Crippen molar-refractivity contribution in [3.05, 3.63) is 29.2 Å².